The van der Waals surface area contributed by atoms with E-state index in [1.54, 1.807) is 19.4 Å². The Labute approximate surface area is 197 Å². The van der Waals surface area contributed by atoms with Crippen molar-refractivity contribution in [3.05, 3.63) is 75.2 Å². The molecule has 0 aliphatic carbocycles. The molecular weight excluding hydrogens is 550 g/mol. The lowest BCUT2D eigenvalue weighted by atomic mass is 10.1. The predicted octanol–water partition coefficient (Wildman–Crippen LogP) is 3.11. The minimum atomic E-state index is -3.75. The van der Waals surface area contributed by atoms with E-state index in [1.807, 2.05) is 30.3 Å². The number of sulfonamides is 1. The zero-order chi connectivity index (χ0) is 22.4. The van der Waals surface area contributed by atoms with Crippen molar-refractivity contribution in [2.45, 2.75) is 23.8 Å². The number of rotatable bonds is 9. The van der Waals surface area contributed by atoms with Gasteiger partial charge in [-0.3, -0.25) is 14.5 Å². The highest BCUT2D eigenvalue weighted by molar-refractivity contribution is 9.11. The van der Waals surface area contributed by atoms with Gasteiger partial charge in [0.1, 0.15) is 4.90 Å². The average molecular weight is 571 g/mol. The number of nitrogens with zero attached hydrogens (tertiary/aromatic N) is 3. The van der Waals surface area contributed by atoms with Crippen molar-refractivity contribution in [1.29, 1.82) is 0 Å². The van der Waals surface area contributed by atoms with Gasteiger partial charge in [-0.15, -0.1) is 0 Å². The van der Waals surface area contributed by atoms with E-state index in [0.29, 0.717) is 6.42 Å². The Morgan fingerprint density at radius 1 is 1.13 bits per heavy atom. The van der Waals surface area contributed by atoms with Crippen LogP contribution in [0.25, 0.3) is 0 Å². The lowest BCUT2D eigenvalue weighted by Gasteiger charge is -2.20. The molecule has 0 saturated carbocycles. The summed E-state index contributed by atoms with van der Waals surface area (Å²) in [7, 11) is -2.10. The second-order valence-corrected chi connectivity index (χ2v) is 10.3. The van der Waals surface area contributed by atoms with Gasteiger partial charge in [-0.05, 0) is 49.4 Å². The van der Waals surface area contributed by atoms with Crippen LogP contribution < -0.4 is 10.0 Å². The first-order valence-electron chi connectivity index (χ1n) is 9.37. The molecule has 31 heavy (non-hydrogen) atoms. The minimum Gasteiger partial charge on any atom is -0.348 e. The highest BCUT2D eigenvalue weighted by Gasteiger charge is 2.21. The van der Waals surface area contributed by atoms with Crippen LogP contribution in [-0.2, 0) is 28.3 Å². The van der Waals surface area contributed by atoms with Crippen molar-refractivity contribution < 1.29 is 13.2 Å². The fourth-order valence-electron chi connectivity index (χ4n) is 2.93. The molecule has 0 spiro atoms. The van der Waals surface area contributed by atoms with Crippen LogP contribution in [0.2, 0.25) is 0 Å². The van der Waals surface area contributed by atoms with Gasteiger partial charge in [0.2, 0.25) is 15.9 Å². The zero-order valence-electron chi connectivity index (χ0n) is 16.6. The number of aryl methyl sites for hydroxylation is 1. The van der Waals surface area contributed by atoms with Gasteiger partial charge in [-0.25, -0.2) is 13.1 Å². The quantitative estimate of drug-likeness (QED) is 0.411. The van der Waals surface area contributed by atoms with Gasteiger partial charge < -0.3 is 5.32 Å². The molecule has 0 aliphatic rings. The van der Waals surface area contributed by atoms with E-state index in [9.17, 15) is 13.2 Å². The van der Waals surface area contributed by atoms with Gasteiger partial charge >= 0.3 is 0 Å². The molecule has 1 aromatic carbocycles. The van der Waals surface area contributed by atoms with Crippen molar-refractivity contribution in [1.82, 2.24) is 24.8 Å². The van der Waals surface area contributed by atoms with Gasteiger partial charge in [0, 0.05) is 47.5 Å². The summed E-state index contributed by atoms with van der Waals surface area (Å²) in [6, 6.07) is 8.72. The summed E-state index contributed by atoms with van der Waals surface area (Å²) >= 11 is 6.90. The molecule has 3 aromatic rings. The molecule has 2 aromatic heterocycles. The second-order valence-electron chi connectivity index (χ2n) is 6.81. The SMILES string of the molecule is Cn1cc(S(=O)(=O)NCC(NC(=O)CCc2c(Br)cncc2Br)c2ccccc2)cn1. The minimum absolute atomic E-state index is 0.00955. The van der Waals surface area contributed by atoms with Crippen LogP contribution in [0.15, 0.2) is 69.0 Å². The molecule has 1 amide bonds. The summed E-state index contributed by atoms with van der Waals surface area (Å²) < 4.78 is 30.7. The number of carbonyl (C=O) groups excluding carboxylic acids is 1. The van der Waals surface area contributed by atoms with Crippen LogP contribution in [0.3, 0.4) is 0 Å². The van der Waals surface area contributed by atoms with Gasteiger partial charge in [0.15, 0.2) is 0 Å². The maximum atomic E-state index is 12.7. The molecule has 2 N–H and O–H groups in total. The number of benzene rings is 1. The van der Waals surface area contributed by atoms with E-state index in [1.165, 1.54) is 17.1 Å². The van der Waals surface area contributed by atoms with Crippen LogP contribution in [0, 0.1) is 0 Å². The number of pyridine rings is 1. The van der Waals surface area contributed by atoms with E-state index in [-0.39, 0.29) is 23.8 Å². The lowest BCUT2D eigenvalue weighted by Crippen LogP contribution is -2.38. The van der Waals surface area contributed by atoms with Crippen molar-refractivity contribution in [3.63, 3.8) is 0 Å². The highest BCUT2D eigenvalue weighted by Crippen LogP contribution is 2.25. The average Bonchev–Trinajstić information content (AvgIpc) is 3.19. The maximum absolute atomic E-state index is 12.7. The van der Waals surface area contributed by atoms with Gasteiger partial charge in [-0.1, -0.05) is 30.3 Å². The van der Waals surface area contributed by atoms with Crippen molar-refractivity contribution in [2.24, 2.45) is 7.05 Å². The molecule has 0 radical (unpaired) electrons. The van der Waals surface area contributed by atoms with E-state index >= 15 is 0 Å². The fourth-order valence-corrected chi connectivity index (χ4v) is 5.29. The Hall–Kier alpha value is -2.08. The van der Waals surface area contributed by atoms with Crippen molar-refractivity contribution >= 4 is 47.8 Å². The third-order valence-corrected chi connectivity index (χ3v) is 7.31. The second kappa shape index (κ2) is 10.5. The Morgan fingerprint density at radius 2 is 1.81 bits per heavy atom. The largest absolute Gasteiger partial charge is 0.348 e. The topological polar surface area (TPSA) is 106 Å². The van der Waals surface area contributed by atoms with Crippen LogP contribution in [0.4, 0.5) is 0 Å². The predicted molar refractivity (Wildman–Crippen MR) is 124 cm³/mol. The number of hydrogen-bond acceptors (Lipinski definition) is 5. The van der Waals surface area contributed by atoms with Crippen LogP contribution in [0.1, 0.15) is 23.6 Å². The number of carbonyl (C=O) groups is 1. The molecule has 0 aliphatic heterocycles. The summed E-state index contributed by atoms with van der Waals surface area (Å²) in [6.07, 6.45) is 6.79. The number of aromatic nitrogens is 3. The standard InChI is InChI=1S/C20H21Br2N5O3S/c1-27-13-15(9-24-27)31(29,30)25-12-19(14-5-3-2-4-6-14)26-20(28)8-7-16-17(21)10-23-11-18(16)22/h2-6,9-11,13,19,25H,7-8,12H2,1H3,(H,26,28). The van der Waals surface area contributed by atoms with Gasteiger partial charge in [-0.2, -0.15) is 5.10 Å². The molecule has 11 heteroatoms. The lowest BCUT2D eigenvalue weighted by molar-refractivity contribution is -0.121. The number of hydrogen-bond donors (Lipinski definition) is 2. The Morgan fingerprint density at radius 3 is 2.42 bits per heavy atom. The number of amides is 1. The molecule has 0 saturated heterocycles. The first-order chi connectivity index (χ1) is 14.8. The first kappa shape index (κ1) is 23.6. The Kier molecular flexibility index (Phi) is 7.98. The summed E-state index contributed by atoms with van der Waals surface area (Å²) in [4.78, 5) is 16.8. The van der Waals surface area contributed by atoms with E-state index in [0.717, 1.165) is 20.1 Å². The normalized spacial score (nSPS) is 12.5. The molecule has 1 atom stereocenters. The molecule has 1 unspecified atom stereocenters. The van der Waals surface area contributed by atoms with Crippen LogP contribution in [-0.4, -0.2) is 35.6 Å². The number of halogens is 2. The Bertz CT molecular complexity index is 1130. The molecular formula is C20H21Br2N5O3S. The molecule has 164 valence electrons. The number of nitrogens with one attached hydrogen (secondary N) is 2. The van der Waals surface area contributed by atoms with Gasteiger partial charge in [0.05, 0.1) is 12.2 Å². The maximum Gasteiger partial charge on any atom is 0.243 e. The summed E-state index contributed by atoms with van der Waals surface area (Å²) in [5, 5.41) is 6.84. The highest BCUT2D eigenvalue weighted by atomic mass is 79.9. The third-order valence-electron chi connectivity index (χ3n) is 4.56. The molecule has 2 heterocycles. The molecule has 0 bridgehead atoms. The van der Waals surface area contributed by atoms with E-state index in [4.69, 9.17) is 0 Å². The van der Waals surface area contributed by atoms with E-state index in [2.05, 4.69) is 52.0 Å². The molecule has 3 rings (SSSR count). The summed E-state index contributed by atoms with van der Waals surface area (Å²) in [6.45, 7) is 0.00955. The smallest absolute Gasteiger partial charge is 0.243 e. The molecule has 0 fully saturated rings. The van der Waals surface area contributed by atoms with Crippen LogP contribution >= 0.6 is 31.9 Å². The summed E-state index contributed by atoms with van der Waals surface area (Å²) in [5.74, 6) is -0.190. The third kappa shape index (κ3) is 6.45. The first-order valence-corrected chi connectivity index (χ1v) is 12.4. The fraction of sp³-hybridized carbons (Fsp3) is 0.250. The molecule has 8 nitrogen and oxygen atoms in total. The van der Waals surface area contributed by atoms with Crippen LogP contribution in [0.5, 0.6) is 0 Å². The monoisotopic (exact) mass is 569 g/mol. The van der Waals surface area contributed by atoms with Gasteiger partial charge in [0.25, 0.3) is 0 Å². The summed E-state index contributed by atoms with van der Waals surface area (Å²) in [5.41, 5.74) is 1.75. The van der Waals surface area contributed by atoms with E-state index < -0.39 is 16.1 Å². The Balaban J connectivity index is 1.68. The van der Waals surface area contributed by atoms with Crippen molar-refractivity contribution in [2.75, 3.05) is 6.54 Å². The van der Waals surface area contributed by atoms with Crippen molar-refractivity contribution in [3.8, 4) is 0 Å². The zero-order valence-corrected chi connectivity index (χ0v) is 20.6.